The number of rotatable bonds is 4. The van der Waals surface area contributed by atoms with Gasteiger partial charge in [0.15, 0.2) is 0 Å². The van der Waals surface area contributed by atoms with E-state index >= 15 is 0 Å². The molecule has 0 fully saturated rings. The number of hydrogen-bond donors (Lipinski definition) is 1. The average Bonchev–Trinajstić information content (AvgIpc) is 3.42. The molecule has 0 aliphatic carbocycles. The summed E-state index contributed by atoms with van der Waals surface area (Å²) in [6.45, 7) is 9.84. The molecule has 1 N–H and O–H groups in total. The minimum absolute atomic E-state index is 0.355. The van der Waals surface area contributed by atoms with Gasteiger partial charge in [0, 0.05) is 30.5 Å². The molecule has 0 bridgehead atoms. The van der Waals surface area contributed by atoms with Crippen LogP contribution in [0.3, 0.4) is 0 Å². The first-order chi connectivity index (χ1) is 14.6. The number of aromatic nitrogens is 3. The van der Waals surface area contributed by atoms with Crippen molar-refractivity contribution in [2.45, 2.75) is 39.8 Å². The summed E-state index contributed by atoms with van der Waals surface area (Å²) in [7, 11) is 0. The lowest BCUT2D eigenvalue weighted by Crippen LogP contribution is -2.34. The van der Waals surface area contributed by atoms with Crippen LogP contribution in [-0.4, -0.2) is 27.7 Å². The maximum absolute atomic E-state index is 5.21. The largest absolute Gasteiger partial charge is 0.364 e. The number of hydrogen-bond acceptors (Lipinski definition) is 5. The number of nitrogens with zero attached hydrogens (tertiary/aromatic N) is 4. The van der Waals surface area contributed by atoms with Crippen LogP contribution in [0.1, 0.15) is 42.5 Å². The van der Waals surface area contributed by atoms with Gasteiger partial charge in [-0.25, -0.2) is 4.98 Å². The Balaban J connectivity index is 1.47. The smallest absolute Gasteiger partial charge is 0.106 e. The van der Waals surface area contributed by atoms with Crippen molar-refractivity contribution in [3.8, 4) is 11.3 Å². The lowest BCUT2D eigenvalue weighted by Gasteiger charge is -2.31. The van der Waals surface area contributed by atoms with Crippen molar-refractivity contribution in [1.82, 2.24) is 20.0 Å². The van der Waals surface area contributed by atoms with E-state index in [-0.39, 0.29) is 0 Å². The van der Waals surface area contributed by atoms with E-state index in [1.165, 1.54) is 11.4 Å². The molecule has 0 unspecified atom stereocenters. The van der Waals surface area contributed by atoms with Gasteiger partial charge in [0.1, 0.15) is 5.82 Å². The third-order valence-corrected chi connectivity index (χ3v) is 5.93. The van der Waals surface area contributed by atoms with Crippen molar-refractivity contribution in [3.63, 3.8) is 0 Å². The minimum Gasteiger partial charge on any atom is -0.364 e. The number of anilines is 1. The first kappa shape index (κ1) is 18.9. The molecule has 2 aliphatic heterocycles. The Morgan fingerprint density at radius 1 is 1.10 bits per heavy atom. The van der Waals surface area contributed by atoms with Gasteiger partial charge < -0.3 is 9.47 Å². The van der Waals surface area contributed by atoms with Crippen molar-refractivity contribution in [2.24, 2.45) is 0 Å². The third-order valence-electron chi connectivity index (χ3n) is 5.93. The molecule has 4 heterocycles. The molecule has 5 rings (SSSR count). The van der Waals surface area contributed by atoms with E-state index < -0.39 is 0 Å². The zero-order valence-electron chi connectivity index (χ0n) is 17.7. The second-order valence-corrected chi connectivity index (χ2v) is 8.20. The van der Waals surface area contributed by atoms with E-state index in [2.05, 4.69) is 77.1 Å². The molecule has 0 radical (unpaired) electrons. The van der Waals surface area contributed by atoms with Crippen molar-refractivity contribution in [1.29, 1.82) is 0 Å². The Morgan fingerprint density at radius 2 is 1.93 bits per heavy atom. The molecule has 0 saturated heterocycles. The lowest BCUT2D eigenvalue weighted by molar-refractivity contribution is 0.121. The average molecular weight is 402 g/mol. The topological polar surface area (TPSA) is 55.2 Å². The highest BCUT2D eigenvalue weighted by Gasteiger charge is 2.25. The Kier molecular flexibility index (Phi) is 4.79. The highest BCUT2D eigenvalue weighted by atomic mass is 16.6. The van der Waals surface area contributed by atoms with E-state index in [4.69, 9.17) is 9.82 Å². The summed E-state index contributed by atoms with van der Waals surface area (Å²) in [5.41, 5.74) is 11.0. The van der Waals surface area contributed by atoms with E-state index in [1.54, 1.807) is 0 Å². The third kappa shape index (κ3) is 3.27. The summed E-state index contributed by atoms with van der Waals surface area (Å²) in [4.78, 5) is 17.3. The fraction of sp³-hybridized carbons (Fsp3) is 0.333. The molecule has 3 aromatic rings. The number of hydroxylamine groups is 1. The molecular formula is C24H27N5O. The number of benzene rings is 1. The number of fused-ring (bicyclic) bond motifs is 1. The first-order valence-electron chi connectivity index (χ1n) is 10.6. The van der Waals surface area contributed by atoms with Crippen LogP contribution in [0.25, 0.3) is 17.0 Å². The fourth-order valence-electron chi connectivity index (χ4n) is 4.38. The Morgan fingerprint density at radius 3 is 2.67 bits per heavy atom. The van der Waals surface area contributed by atoms with Crippen LogP contribution in [0.2, 0.25) is 0 Å². The Labute approximate surface area is 177 Å². The van der Waals surface area contributed by atoms with Gasteiger partial charge in [-0.3, -0.25) is 15.3 Å². The van der Waals surface area contributed by atoms with Crippen LogP contribution in [-0.2, 0) is 17.9 Å². The molecular weight excluding hydrogens is 374 g/mol. The molecule has 2 aromatic heterocycles. The minimum atomic E-state index is 0.355. The van der Waals surface area contributed by atoms with Gasteiger partial charge in [-0.15, -0.1) is 0 Å². The van der Waals surface area contributed by atoms with Crippen LogP contribution in [0.5, 0.6) is 0 Å². The molecule has 6 nitrogen and oxygen atoms in total. The summed E-state index contributed by atoms with van der Waals surface area (Å²) < 4.78 is 2.36. The molecule has 0 amide bonds. The highest BCUT2D eigenvalue weighted by Crippen LogP contribution is 2.33. The van der Waals surface area contributed by atoms with E-state index in [9.17, 15) is 0 Å². The lowest BCUT2D eigenvalue weighted by atomic mass is 10.00. The van der Waals surface area contributed by atoms with Gasteiger partial charge >= 0.3 is 0 Å². The Hall–Kier alpha value is -3.12. The first-order valence-corrected chi connectivity index (χ1v) is 10.6. The van der Waals surface area contributed by atoms with E-state index in [0.717, 1.165) is 53.7 Å². The van der Waals surface area contributed by atoms with Crippen LogP contribution < -0.4 is 10.4 Å². The van der Waals surface area contributed by atoms with Crippen LogP contribution in [0.4, 0.5) is 5.69 Å². The van der Waals surface area contributed by atoms with Crippen molar-refractivity contribution in [2.75, 3.05) is 18.1 Å². The molecule has 30 heavy (non-hydrogen) atoms. The van der Waals surface area contributed by atoms with Gasteiger partial charge in [0.05, 0.1) is 35.9 Å². The predicted molar refractivity (Wildman–Crippen MR) is 119 cm³/mol. The van der Waals surface area contributed by atoms with Gasteiger partial charge in [0.2, 0.25) is 0 Å². The molecule has 1 aromatic carbocycles. The van der Waals surface area contributed by atoms with Crippen LogP contribution in [0.15, 0.2) is 48.7 Å². The van der Waals surface area contributed by atoms with E-state index in [1.807, 2.05) is 12.3 Å². The quantitative estimate of drug-likeness (QED) is 0.707. The van der Waals surface area contributed by atoms with Crippen molar-refractivity contribution in [3.05, 3.63) is 71.4 Å². The summed E-state index contributed by atoms with van der Waals surface area (Å²) >= 11 is 0. The summed E-state index contributed by atoms with van der Waals surface area (Å²) in [5.74, 6) is 1.43. The predicted octanol–water partition coefficient (Wildman–Crippen LogP) is 4.27. The van der Waals surface area contributed by atoms with Gasteiger partial charge in [-0.2, -0.15) is 0 Å². The van der Waals surface area contributed by atoms with Crippen molar-refractivity contribution >= 4 is 11.4 Å². The van der Waals surface area contributed by atoms with Crippen LogP contribution in [0, 0.1) is 6.92 Å². The normalized spacial score (nSPS) is 15.9. The molecule has 0 saturated carbocycles. The summed E-state index contributed by atoms with van der Waals surface area (Å²) in [6.07, 6.45) is 3.94. The fourth-order valence-corrected chi connectivity index (χ4v) is 4.38. The van der Waals surface area contributed by atoms with Crippen LogP contribution >= 0.6 is 0 Å². The molecule has 0 spiro atoms. The van der Waals surface area contributed by atoms with Gasteiger partial charge in [-0.05, 0) is 48.7 Å². The monoisotopic (exact) mass is 401 g/mol. The molecule has 154 valence electrons. The second-order valence-electron chi connectivity index (χ2n) is 8.20. The molecule has 6 heteroatoms. The second kappa shape index (κ2) is 7.61. The number of aryl methyl sites for hydroxylation is 1. The van der Waals surface area contributed by atoms with Crippen molar-refractivity contribution < 1.29 is 4.84 Å². The van der Waals surface area contributed by atoms with Gasteiger partial charge in [0.25, 0.3) is 0 Å². The highest BCUT2D eigenvalue weighted by molar-refractivity contribution is 5.68. The molecule has 0 atom stereocenters. The Bertz CT molecular complexity index is 1100. The van der Waals surface area contributed by atoms with E-state index in [0.29, 0.717) is 12.5 Å². The summed E-state index contributed by atoms with van der Waals surface area (Å²) in [5, 5.41) is 0. The zero-order valence-corrected chi connectivity index (χ0v) is 17.7. The number of pyridine rings is 1. The maximum Gasteiger partial charge on any atom is 0.106 e. The number of nitrogens with one attached hydrogen (secondary N) is 1. The van der Waals surface area contributed by atoms with Gasteiger partial charge in [-0.1, -0.05) is 26.0 Å². The zero-order chi connectivity index (χ0) is 20.7. The molecule has 2 aliphatic rings. The maximum atomic E-state index is 5.21. The summed E-state index contributed by atoms with van der Waals surface area (Å²) in [6, 6.07) is 12.9. The number of imidazole rings is 1. The SMILES string of the molecule is Cc1nc(-c2cccnc2C(C)C)c2n1CCN(c1ccc(C3=CCON3)cc1)C2. The standard InChI is InChI=1S/C24H27N5O/c1-16(2)23-20(5-4-11-25-23)24-22-15-28(12-13-29(22)17(3)26-24)19-8-6-18(7-9-19)21-10-14-30-27-21/h4-11,16,27H,12-15H2,1-3H3.